The van der Waals surface area contributed by atoms with E-state index in [9.17, 15) is 9.90 Å². The maximum atomic E-state index is 12.1. The van der Waals surface area contributed by atoms with Crippen LogP contribution in [-0.4, -0.2) is 35.1 Å². The predicted molar refractivity (Wildman–Crippen MR) is 63.0 cm³/mol. The standard InChI is InChI=1S/C13H23NO2/c15-10-12-7-4-8-14(12)13(16)9-11-5-2-1-3-6-11/h11-12,15H,1-10H2/t12-/m1/s1. The van der Waals surface area contributed by atoms with Crippen molar-refractivity contribution in [3.05, 3.63) is 0 Å². The van der Waals surface area contributed by atoms with E-state index in [1.807, 2.05) is 4.90 Å². The maximum Gasteiger partial charge on any atom is 0.223 e. The fraction of sp³-hybridized carbons (Fsp3) is 0.923. The molecule has 2 rings (SSSR count). The number of rotatable bonds is 3. The Morgan fingerprint density at radius 2 is 1.88 bits per heavy atom. The Morgan fingerprint density at radius 1 is 1.12 bits per heavy atom. The van der Waals surface area contributed by atoms with Crippen molar-refractivity contribution >= 4 is 5.91 Å². The lowest BCUT2D eigenvalue weighted by atomic mass is 9.86. The second-order valence-electron chi connectivity index (χ2n) is 5.27. The van der Waals surface area contributed by atoms with Crippen molar-refractivity contribution in [1.29, 1.82) is 0 Å². The van der Waals surface area contributed by atoms with Crippen LogP contribution in [0.25, 0.3) is 0 Å². The monoisotopic (exact) mass is 225 g/mol. The molecule has 0 aromatic carbocycles. The van der Waals surface area contributed by atoms with Crippen LogP contribution < -0.4 is 0 Å². The van der Waals surface area contributed by atoms with Crippen LogP contribution in [0.1, 0.15) is 51.4 Å². The van der Waals surface area contributed by atoms with Gasteiger partial charge < -0.3 is 10.0 Å². The highest BCUT2D eigenvalue weighted by Crippen LogP contribution is 2.28. The highest BCUT2D eigenvalue weighted by molar-refractivity contribution is 5.77. The van der Waals surface area contributed by atoms with Crippen molar-refractivity contribution in [2.75, 3.05) is 13.2 Å². The number of amides is 1. The van der Waals surface area contributed by atoms with Gasteiger partial charge in [-0.05, 0) is 31.6 Å². The normalized spacial score (nSPS) is 27.3. The minimum atomic E-state index is 0.107. The van der Waals surface area contributed by atoms with Gasteiger partial charge in [0.1, 0.15) is 0 Å². The summed E-state index contributed by atoms with van der Waals surface area (Å²) in [6, 6.07) is 0.107. The predicted octanol–water partition coefficient (Wildman–Crippen LogP) is 1.94. The minimum absolute atomic E-state index is 0.107. The zero-order valence-electron chi connectivity index (χ0n) is 10.0. The molecule has 1 heterocycles. The summed E-state index contributed by atoms with van der Waals surface area (Å²) in [5.74, 6) is 0.893. The molecule has 92 valence electrons. The molecular weight excluding hydrogens is 202 g/mol. The summed E-state index contributed by atoms with van der Waals surface area (Å²) in [6.07, 6.45) is 9.13. The minimum Gasteiger partial charge on any atom is -0.394 e. The van der Waals surface area contributed by atoms with Crippen LogP contribution >= 0.6 is 0 Å². The molecule has 3 nitrogen and oxygen atoms in total. The Balaban J connectivity index is 1.82. The Kier molecular flexibility index (Phi) is 4.22. The number of carbonyl (C=O) groups excluding carboxylic acids is 1. The Hall–Kier alpha value is -0.570. The van der Waals surface area contributed by atoms with E-state index < -0.39 is 0 Å². The van der Waals surface area contributed by atoms with Crippen LogP contribution in [-0.2, 0) is 4.79 Å². The quantitative estimate of drug-likeness (QED) is 0.797. The summed E-state index contributed by atoms with van der Waals surface area (Å²) in [6.45, 7) is 0.993. The van der Waals surface area contributed by atoms with E-state index in [0.29, 0.717) is 5.92 Å². The van der Waals surface area contributed by atoms with Crippen molar-refractivity contribution in [2.24, 2.45) is 5.92 Å². The molecule has 0 spiro atoms. The zero-order valence-corrected chi connectivity index (χ0v) is 10.0. The van der Waals surface area contributed by atoms with E-state index >= 15 is 0 Å². The summed E-state index contributed by atoms with van der Waals surface area (Å²) in [7, 11) is 0. The van der Waals surface area contributed by atoms with E-state index in [1.54, 1.807) is 0 Å². The molecular formula is C13H23NO2. The molecule has 0 unspecified atom stereocenters. The maximum absolute atomic E-state index is 12.1. The Morgan fingerprint density at radius 3 is 2.56 bits per heavy atom. The number of hydrogen-bond donors (Lipinski definition) is 1. The molecule has 1 saturated heterocycles. The molecule has 0 aromatic rings. The number of aliphatic hydroxyl groups is 1. The lowest BCUT2D eigenvalue weighted by Gasteiger charge is -2.27. The highest BCUT2D eigenvalue weighted by atomic mass is 16.3. The molecule has 2 aliphatic rings. The lowest BCUT2D eigenvalue weighted by Crippen LogP contribution is -2.38. The molecule has 1 N–H and O–H groups in total. The van der Waals surface area contributed by atoms with Crippen LogP contribution in [0.15, 0.2) is 0 Å². The molecule has 0 aromatic heterocycles. The van der Waals surface area contributed by atoms with E-state index in [1.165, 1.54) is 32.1 Å². The van der Waals surface area contributed by atoms with Crippen molar-refractivity contribution in [3.8, 4) is 0 Å². The number of aliphatic hydroxyl groups excluding tert-OH is 1. The van der Waals surface area contributed by atoms with Crippen LogP contribution in [0.2, 0.25) is 0 Å². The van der Waals surface area contributed by atoms with Crippen LogP contribution in [0.4, 0.5) is 0 Å². The van der Waals surface area contributed by atoms with Gasteiger partial charge in [0.15, 0.2) is 0 Å². The molecule has 0 radical (unpaired) electrons. The van der Waals surface area contributed by atoms with E-state index in [0.717, 1.165) is 25.8 Å². The van der Waals surface area contributed by atoms with Gasteiger partial charge in [-0.15, -0.1) is 0 Å². The fourth-order valence-electron chi connectivity index (χ4n) is 3.11. The van der Waals surface area contributed by atoms with Gasteiger partial charge in [0.25, 0.3) is 0 Å². The van der Waals surface area contributed by atoms with E-state index in [2.05, 4.69) is 0 Å². The fourth-order valence-corrected chi connectivity index (χ4v) is 3.11. The lowest BCUT2D eigenvalue weighted by molar-refractivity contribution is -0.134. The van der Waals surface area contributed by atoms with E-state index in [-0.39, 0.29) is 18.6 Å². The third-order valence-electron chi connectivity index (χ3n) is 4.10. The number of likely N-dealkylation sites (tertiary alicyclic amines) is 1. The first-order valence-corrected chi connectivity index (χ1v) is 6.71. The zero-order chi connectivity index (χ0) is 11.4. The smallest absolute Gasteiger partial charge is 0.223 e. The van der Waals surface area contributed by atoms with E-state index in [4.69, 9.17) is 0 Å². The van der Waals surface area contributed by atoms with Gasteiger partial charge in [-0.25, -0.2) is 0 Å². The largest absolute Gasteiger partial charge is 0.394 e. The van der Waals surface area contributed by atoms with Crippen molar-refractivity contribution in [3.63, 3.8) is 0 Å². The molecule has 1 aliphatic heterocycles. The Bertz CT molecular complexity index is 236. The van der Waals surface area contributed by atoms with Gasteiger partial charge >= 0.3 is 0 Å². The first-order valence-electron chi connectivity index (χ1n) is 6.71. The van der Waals surface area contributed by atoms with Gasteiger partial charge in [-0.1, -0.05) is 19.3 Å². The summed E-state index contributed by atoms with van der Waals surface area (Å²) >= 11 is 0. The highest BCUT2D eigenvalue weighted by Gasteiger charge is 2.29. The molecule has 1 amide bonds. The van der Waals surface area contributed by atoms with Crippen LogP contribution in [0.3, 0.4) is 0 Å². The molecule has 16 heavy (non-hydrogen) atoms. The average molecular weight is 225 g/mol. The van der Waals surface area contributed by atoms with Gasteiger partial charge in [0.2, 0.25) is 5.91 Å². The number of carbonyl (C=O) groups is 1. The first kappa shape index (κ1) is 11.9. The Labute approximate surface area is 97.8 Å². The number of hydrogen-bond acceptors (Lipinski definition) is 2. The summed E-state index contributed by atoms with van der Waals surface area (Å²) in [5.41, 5.74) is 0. The summed E-state index contributed by atoms with van der Waals surface area (Å²) in [5, 5.41) is 9.20. The second-order valence-corrected chi connectivity index (χ2v) is 5.27. The topological polar surface area (TPSA) is 40.5 Å². The molecule has 1 saturated carbocycles. The SMILES string of the molecule is O=C(CC1CCCCC1)N1CCC[C@@H]1CO. The van der Waals surface area contributed by atoms with Gasteiger partial charge in [-0.2, -0.15) is 0 Å². The second kappa shape index (κ2) is 5.67. The van der Waals surface area contributed by atoms with Crippen LogP contribution in [0.5, 0.6) is 0 Å². The molecule has 2 fully saturated rings. The van der Waals surface area contributed by atoms with Crippen molar-refractivity contribution < 1.29 is 9.90 Å². The molecule has 3 heteroatoms. The van der Waals surface area contributed by atoms with Gasteiger partial charge in [0, 0.05) is 13.0 Å². The third-order valence-corrected chi connectivity index (χ3v) is 4.10. The molecule has 0 bridgehead atoms. The summed E-state index contributed by atoms with van der Waals surface area (Å²) in [4.78, 5) is 14.0. The van der Waals surface area contributed by atoms with Crippen LogP contribution in [0, 0.1) is 5.92 Å². The first-order chi connectivity index (χ1) is 7.81. The molecule has 1 atom stereocenters. The molecule has 1 aliphatic carbocycles. The van der Waals surface area contributed by atoms with Gasteiger partial charge in [0.05, 0.1) is 12.6 Å². The van der Waals surface area contributed by atoms with Crippen molar-refractivity contribution in [2.45, 2.75) is 57.4 Å². The summed E-state index contributed by atoms with van der Waals surface area (Å²) < 4.78 is 0. The third kappa shape index (κ3) is 2.76. The van der Waals surface area contributed by atoms with Gasteiger partial charge in [-0.3, -0.25) is 4.79 Å². The average Bonchev–Trinajstić information content (AvgIpc) is 2.78. The number of nitrogens with zero attached hydrogens (tertiary/aromatic N) is 1. The van der Waals surface area contributed by atoms with Crippen molar-refractivity contribution in [1.82, 2.24) is 4.90 Å².